The summed E-state index contributed by atoms with van der Waals surface area (Å²) in [6.07, 6.45) is 3.58. The van der Waals surface area contributed by atoms with E-state index in [4.69, 9.17) is 5.26 Å². The topological polar surface area (TPSA) is 23.8 Å². The fraction of sp³-hybridized carbons (Fsp3) is 0.571. The lowest BCUT2D eigenvalue weighted by molar-refractivity contribution is 0.982. The molecule has 0 heterocycles. The van der Waals surface area contributed by atoms with E-state index in [0.717, 1.165) is 17.9 Å². The number of nitriles is 1. The van der Waals surface area contributed by atoms with Crippen molar-refractivity contribution >= 4 is 11.8 Å². The van der Waals surface area contributed by atoms with Gasteiger partial charge in [0.05, 0.1) is 6.07 Å². The van der Waals surface area contributed by atoms with E-state index in [9.17, 15) is 0 Å². The van der Waals surface area contributed by atoms with Gasteiger partial charge in [-0.25, -0.2) is 0 Å². The maximum absolute atomic E-state index is 8.14. The van der Waals surface area contributed by atoms with E-state index in [1.807, 2.05) is 17.8 Å². The number of thioether (sulfide) groups is 1. The molecule has 0 aliphatic heterocycles. The lowest BCUT2D eigenvalue weighted by atomic mass is 10.4. The van der Waals surface area contributed by atoms with Gasteiger partial charge in [-0.3, -0.25) is 0 Å². The van der Waals surface area contributed by atoms with E-state index in [1.54, 1.807) is 0 Å². The van der Waals surface area contributed by atoms with Crippen LogP contribution < -0.4 is 0 Å². The largest absolute Gasteiger partial charge is 0.198 e. The van der Waals surface area contributed by atoms with Crippen molar-refractivity contribution < 1.29 is 0 Å². The minimum atomic E-state index is 0.685. The van der Waals surface area contributed by atoms with Crippen molar-refractivity contribution in [1.29, 1.82) is 5.26 Å². The predicted molar refractivity (Wildman–Crippen MR) is 42.4 cm³/mol. The van der Waals surface area contributed by atoms with Gasteiger partial charge in [-0.2, -0.15) is 17.0 Å². The van der Waals surface area contributed by atoms with Crippen LogP contribution in [-0.4, -0.2) is 11.5 Å². The number of hydrogen-bond donors (Lipinski definition) is 0. The molecule has 0 aromatic carbocycles. The van der Waals surface area contributed by atoms with Crippen molar-refractivity contribution in [2.75, 3.05) is 11.5 Å². The van der Waals surface area contributed by atoms with Crippen molar-refractivity contribution in [3.63, 3.8) is 0 Å². The monoisotopic (exact) mass is 141 g/mol. The normalized spacial score (nSPS) is 8.33. The minimum Gasteiger partial charge on any atom is -0.198 e. The van der Waals surface area contributed by atoms with Crippen LogP contribution >= 0.6 is 11.8 Å². The molecule has 0 saturated carbocycles. The molecule has 0 fully saturated rings. The molecule has 0 bridgehead atoms. The molecule has 0 spiro atoms. The Kier molecular flexibility index (Phi) is 7.23. The average molecular weight is 141 g/mol. The van der Waals surface area contributed by atoms with Gasteiger partial charge in [0.1, 0.15) is 0 Å². The molecule has 1 nitrogen and oxygen atoms in total. The molecule has 0 aromatic heterocycles. The molecule has 50 valence electrons. The van der Waals surface area contributed by atoms with Crippen molar-refractivity contribution in [2.24, 2.45) is 0 Å². The fourth-order valence-corrected chi connectivity index (χ4v) is 1.10. The summed E-state index contributed by atoms with van der Waals surface area (Å²) < 4.78 is 0. The van der Waals surface area contributed by atoms with Gasteiger partial charge in [0.2, 0.25) is 0 Å². The molecule has 0 radical (unpaired) electrons. The smallest absolute Gasteiger partial charge is 0.0622 e. The Bertz CT molecular complexity index is 104. The Labute approximate surface area is 60.8 Å². The van der Waals surface area contributed by atoms with Crippen molar-refractivity contribution in [3.05, 3.63) is 12.7 Å². The fourth-order valence-electron chi connectivity index (χ4n) is 0.420. The maximum Gasteiger partial charge on any atom is 0.0622 e. The molecule has 0 rings (SSSR count). The van der Waals surface area contributed by atoms with Crippen LogP contribution in [-0.2, 0) is 0 Å². The van der Waals surface area contributed by atoms with Crippen LogP contribution in [0, 0.1) is 11.3 Å². The number of nitrogens with zero attached hydrogens (tertiary/aromatic N) is 1. The minimum absolute atomic E-state index is 0.685. The van der Waals surface area contributed by atoms with E-state index >= 15 is 0 Å². The lowest BCUT2D eigenvalue weighted by Gasteiger charge is -1.91. The predicted octanol–water partition coefficient (Wildman–Crippen LogP) is 2.21. The quantitative estimate of drug-likeness (QED) is 0.433. The molecule has 0 aliphatic rings. The summed E-state index contributed by atoms with van der Waals surface area (Å²) >= 11 is 1.82. The molecular weight excluding hydrogens is 130 g/mol. The maximum atomic E-state index is 8.14. The SMILES string of the molecule is C=CCSCCCC#N. The summed E-state index contributed by atoms with van der Waals surface area (Å²) in [5.41, 5.74) is 0. The van der Waals surface area contributed by atoms with Crippen LogP contribution in [0.4, 0.5) is 0 Å². The van der Waals surface area contributed by atoms with Gasteiger partial charge in [-0.05, 0) is 12.2 Å². The van der Waals surface area contributed by atoms with Crippen LogP contribution in [0.3, 0.4) is 0 Å². The highest BCUT2D eigenvalue weighted by atomic mass is 32.2. The first-order valence-corrected chi connectivity index (χ1v) is 4.13. The summed E-state index contributed by atoms with van der Waals surface area (Å²) in [6.45, 7) is 3.59. The summed E-state index contributed by atoms with van der Waals surface area (Å²) in [7, 11) is 0. The molecule has 0 saturated heterocycles. The second-order valence-corrected chi connectivity index (χ2v) is 2.78. The molecule has 0 aliphatic carbocycles. The van der Waals surface area contributed by atoms with Gasteiger partial charge in [0.25, 0.3) is 0 Å². The zero-order chi connectivity index (χ0) is 6.95. The van der Waals surface area contributed by atoms with Crippen molar-refractivity contribution in [2.45, 2.75) is 12.8 Å². The van der Waals surface area contributed by atoms with Crippen LogP contribution in [0.1, 0.15) is 12.8 Å². The Morgan fingerprint density at radius 2 is 2.44 bits per heavy atom. The zero-order valence-corrected chi connectivity index (χ0v) is 6.28. The number of rotatable bonds is 5. The second kappa shape index (κ2) is 7.58. The first kappa shape index (κ1) is 8.58. The third-order valence-corrected chi connectivity index (χ3v) is 1.86. The van der Waals surface area contributed by atoms with Gasteiger partial charge < -0.3 is 0 Å². The van der Waals surface area contributed by atoms with Crippen molar-refractivity contribution in [3.8, 4) is 6.07 Å². The van der Waals surface area contributed by atoms with Gasteiger partial charge in [0, 0.05) is 12.2 Å². The third kappa shape index (κ3) is 7.58. The number of hydrogen-bond acceptors (Lipinski definition) is 2. The second-order valence-electron chi connectivity index (χ2n) is 1.63. The van der Waals surface area contributed by atoms with Crippen LogP contribution in [0.25, 0.3) is 0 Å². The standard InChI is InChI=1S/C7H11NS/c1-2-6-9-7-4-3-5-8/h2H,1,3-4,6-7H2. The third-order valence-electron chi connectivity index (χ3n) is 0.813. The highest BCUT2D eigenvalue weighted by Crippen LogP contribution is 2.02. The Morgan fingerprint density at radius 1 is 1.67 bits per heavy atom. The molecule has 0 atom stereocenters. The van der Waals surface area contributed by atoms with Gasteiger partial charge in [-0.1, -0.05) is 6.08 Å². The first-order valence-electron chi connectivity index (χ1n) is 2.97. The molecule has 9 heavy (non-hydrogen) atoms. The van der Waals surface area contributed by atoms with Crippen LogP contribution in [0.2, 0.25) is 0 Å². The van der Waals surface area contributed by atoms with Crippen molar-refractivity contribution in [1.82, 2.24) is 0 Å². The highest BCUT2D eigenvalue weighted by Gasteiger charge is 1.84. The Morgan fingerprint density at radius 3 is 3.00 bits per heavy atom. The Balaban J connectivity index is 2.76. The summed E-state index contributed by atoms with van der Waals surface area (Å²) in [6, 6.07) is 2.11. The van der Waals surface area contributed by atoms with Crippen LogP contribution in [0.5, 0.6) is 0 Å². The molecular formula is C7H11NS. The van der Waals surface area contributed by atoms with Crippen LogP contribution in [0.15, 0.2) is 12.7 Å². The lowest BCUT2D eigenvalue weighted by Crippen LogP contribution is -1.78. The van der Waals surface area contributed by atoms with Gasteiger partial charge in [-0.15, -0.1) is 6.58 Å². The molecule has 0 unspecified atom stereocenters. The first-order chi connectivity index (χ1) is 4.41. The summed E-state index contributed by atoms with van der Waals surface area (Å²) in [5, 5.41) is 8.14. The van der Waals surface area contributed by atoms with Gasteiger partial charge >= 0.3 is 0 Å². The molecule has 0 aromatic rings. The molecule has 0 N–H and O–H groups in total. The number of unbranched alkanes of at least 4 members (excludes halogenated alkanes) is 1. The van der Waals surface area contributed by atoms with E-state index < -0.39 is 0 Å². The summed E-state index contributed by atoms with van der Waals surface area (Å²) in [4.78, 5) is 0. The van der Waals surface area contributed by atoms with E-state index in [2.05, 4.69) is 12.6 Å². The van der Waals surface area contributed by atoms with E-state index in [-0.39, 0.29) is 0 Å². The zero-order valence-electron chi connectivity index (χ0n) is 5.47. The average Bonchev–Trinajstić information content (AvgIpc) is 1.89. The van der Waals surface area contributed by atoms with E-state index in [0.29, 0.717) is 6.42 Å². The van der Waals surface area contributed by atoms with Gasteiger partial charge in [0.15, 0.2) is 0 Å². The summed E-state index contributed by atoms with van der Waals surface area (Å²) in [5.74, 6) is 2.09. The highest BCUT2D eigenvalue weighted by molar-refractivity contribution is 7.99. The Hall–Kier alpha value is -0.420. The molecule has 2 heteroatoms. The molecule has 0 amide bonds. The van der Waals surface area contributed by atoms with E-state index in [1.165, 1.54) is 0 Å².